The van der Waals surface area contributed by atoms with Gasteiger partial charge in [-0.3, -0.25) is 15.1 Å². The third-order valence-electron chi connectivity index (χ3n) is 3.06. The lowest BCUT2D eigenvalue weighted by Crippen LogP contribution is -2.11. The number of nitrogens with zero attached hydrogens (tertiary/aromatic N) is 2. The molecule has 0 bridgehead atoms. The Hall–Kier alpha value is -3.33. The molecule has 0 aliphatic rings. The van der Waals surface area contributed by atoms with E-state index in [1.54, 1.807) is 13.8 Å². The number of aliphatic hydroxyl groups is 1. The van der Waals surface area contributed by atoms with Crippen LogP contribution in [0.25, 0.3) is 11.1 Å². The van der Waals surface area contributed by atoms with Crippen molar-refractivity contribution in [1.82, 2.24) is 4.98 Å². The minimum absolute atomic E-state index is 0.101. The van der Waals surface area contributed by atoms with Crippen LogP contribution < -0.4 is 0 Å². The number of nitro groups is 1. The summed E-state index contributed by atoms with van der Waals surface area (Å²) >= 11 is 0. The molecule has 1 aromatic carbocycles. The van der Waals surface area contributed by atoms with E-state index in [0.29, 0.717) is 0 Å². The molecule has 0 amide bonds. The predicted octanol–water partition coefficient (Wildman–Crippen LogP) is 2.75. The number of carboxylic acids is 2. The quantitative estimate of drug-likeness (QED) is 0.555. The smallest absolute Gasteiger partial charge is 0.338 e. The van der Waals surface area contributed by atoms with Crippen LogP contribution in [0.15, 0.2) is 30.5 Å². The summed E-state index contributed by atoms with van der Waals surface area (Å²) in [5.74, 6) is -2.72. The number of carbonyl (C=O) groups is 2. The minimum atomic E-state index is -1.36. The second-order valence-corrected chi connectivity index (χ2v) is 5.52. The van der Waals surface area contributed by atoms with Crippen LogP contribution in [0.3, 0.4) is 0 Å². The van der Waals surface area contributed by atoms with Gasteiger partial charge in [0.1, 0.15) is 0 Å². The molecule has 0 spiro atoms. The molecular formula is C17H18N2O7. The minimum Gasteiger partial charge on any atom is -0.478 e. The Balaban J connectivity index is 0.000000765. The van der Waals surface area contributed by atoms with Crippen LogP contribution in [0.4, 0.5) is 5.69 Å². The molecule has 138 valence electrons. The highest BCUT2D eigenvalue weighted by Crippen LogP contribution is 2.31. The van der Waals surface area contributed by atoms with Crippen molar-refractivity contribution in [3.05, 3.63) is 57.4 Å². The molecule has 9 heteroatoms. The second kappa shape index (κ2) is 8.67. The third-order valence-corrected chi connectivity index (χ3v) is 3.06. The van der Waals surface area contributed by atoms with E-state index in [1.165, 1.54) is 25.1 Å². The summed E-state index contributed by atoms with van der Waals surface area (Å²) in [6.07, 6.45) is 0.873. The van der Waals surface area contributed by atoms with Crippen LogP contribution in [0.2, 0.25) is 0 Å². The van der Waals surface area contributed by atoms with Gasteiger partial charge in [0.15, 0.2) is 0 Å². The van der Waals surface area contributed by atoms with E-state index in [-0.39, 0.29) is 39.7 Å². The van der Waals surface area contributed by atoms with Crippen LogP contribution in [-0.4, -0.2) is 43.3 Å². The molecule has 9 nitrogen and oxygen atoms in total. The Morgan fingerprint density at radius 3 is 2.23 bits per heavy atom. The van der Waals surface area contributed by atoms with Gasteiger partial charge in [-0.2, -0.15) is 0 Å². The largest absolute Gasteiger partial charge is 0.478 e. The Morgan fingerprint density at radius 2 is 1.77 bits per heavy atom. The zero-order valence-electron chi connectivity index (χ0n) is 14.3. The van der Waals surface area contributed by atoms with Gasteiger partial charge in [0.2, 0.25) is 0 Å². The van der Waals surface area contributed by atoms with Gasteiger partial charge in [-0.15, -0.1) is 0 Å². The molecule has 0 unspecified atom stereocenters. The van der Waals surface area contributed by atoms with E-state index in [1.807, 2.05) is 0 Å². The summed E-state index contributed by atoms with van der Waals surface area (Å²) in [7, 11) is 0. The lowest BCUT2D eigenvalue weighted by Gasteiger charge is -2.12. The van der Waals surface area contributed by atoms with Gasteiger partial charge in [-0.1, -0.05) is 12.1 Å². The number of rotatable bonds is 4. The molecule has 3 N–H and O–H groups in total. The van der Waals surface area contributed by atoms with Crippen molar-refractivity contribution in [1.29, 1.82) is 0 Å². The number of carboxylic acid groups (broad SMARTS) is 2. The molecule has 0 fully saturated rings. The van der Waals surface area contributed by atoms with Crippen molar-refractivity contribution in [3.8, 4) is 11.1 Å². The predicted molar refractivity (Wildman–Crippen MR) is 92.3 cm³/mol. The highest BCUT2D eigenvalue weighted by molar-refractivity contribution is 6.05. The number of pyridine rings is 1. The van der Waals surface area contributed by atoms with E-state index in [2.05, 4.69) is 4.98 Å². The van der Waals surface area contributed by atoms with Gasteiger partial charge in [0.25, 0.3) is 5.69 Å². The number of hydrogen-bond acceptors (Lipinski definition) is 6. The molecule has 0 aliphatic heterocycles. The van der Waals surface area contributed by atoms with Crippen molar-refractivity contribution in [2.75, 3.05) is 0 Å². The van der Waals surface area contributed by atoms with Crippen molar-refractivity contribution in [2.45, 2.75) is 26.9 Å². The van der Waals surface area contributed by atoms with Gasteiger partial charge < -0.3 is 15.3 Å². The molecule has 1 aromatic heterocycles. The van der Waals surface area contributed by atoms with E-state index in [9.17, 15) is 29.9 Å². The van der Waals surface area contributed by atoms with Crippen LogP contribution in [0.5, 0.6) is 0 Å². The number of non-ortho nitro benzene ring substituents is 1. The highest BCUT2D eigenvalue weighted by atomic mass is 16.6. The molecule has 2 aromatic rings. The Labute approximate surface area is 148 Å². The average Bonchev–Trinajstić information content (AvgIpc) is 2.53. The first-order valence-corrected chi connectivity index (χ1v) is 7.45. The number of aliphatic hydroxyl groups excluding tert-OH is 1. The maximum Gasteiger partial charge on any atom is 0.338 e. The lowest BCUT2D eigenvalue weighted by molar-refractivity contribution is -0.384. The molecule has 0 aliphatic carbocycles. The fourth-order valence-corrected chi connectivity index (χ4v) is 2.10. The first kappa shape index (κ1) is 20.7. The molecule has 1 heterocycles. The maximum atomic E-state index is 11.4. The van der Waals surface area contributed by atoms with Gasteiger partial charge >= 0.3 is 11.9 Å². The molecule has 26 heavy (non-hydrogen) atoms. The van der Waals surface area contributed by atoms with E-state index >= 15 is 0 Å². The normalized spacial score (nSPS) is 10.0. The van der Waals surface area contributed by atoms with Gasteiger partial charge in [0, 0.05) is 30.0 Å². The lowest BCUT2D eigenvalue weighted by atomic mass is 9.94. The number of nitro benzene ring substituents is 1. The Kier molecular flexibility index (Phi) is 6.91. The van der Waals surface area contributed by atoms with E-state index in [0.717, 1.165) is 12.3 Å². The van der Waals surface area contributed by atoms with E-state index in [4.69, 9.17) is 5.11 Å². The fraction of sp³-hybridized carbons (Fsp3) is 0.235. The Bertz CT molecular complexity index is 844. The zero-order valence-corrected chi connectivity index (χ0v) is 14.3. The zero-order chi connectivity index (χ0) is 20.0. The Morgan fingerprint density at radius 1 is 1.19 bits per heavy atom. The van der Waals surface area contributed by atoms with Crippen LogP contribution >= 0.6 is 0 Å². The first-order valence-electron chi connectivity index (χ1n) is 7.45. The van der Waals surface area contributed by atoms with Crippen LogP contribution in [-0.2, 0) is 0 Å². The molecule has 0 radical (unpaired) electrons. The molecule has 0 atom stereocenters. The van der Waals surface area contributed by atoms with E-state index < -0.39 is 16.9 Å². The maximum absolute atomic E-state index is 11.4. The van der Waals surface area contributed by atoms with Crippen molar-refractivity contribution < 1.29 is 29.8 Å². The average molecular weight is 362 g/mol. The fourth-order valence-electron chi connectivity index (χ4n) is 2.10. The van der Waals surface area contributed by atoms with Crippen LogP contribution in [0.1, 0.15) is 40.3 Å². The summed E-state index contributed by atoms with van der Waals surface area (Å²) < 4.78 is 0. The number of aryl methyl sites for hydroxylation is 1. The topological polar surface area (TPSA) is 151 Å². The van der Waals surface area contributed by atoms with Crippen molar-refractivity contribution in [3.63, 3.8) is 0 Å². The highest BCUT2D eigenvalue weighted by Gasteiger charge is 2.24. The summed E-state index contributed by atoms with van der Waals surface area (Å²) in [6, 6.07) is 5.15. The number of aromatic nitrogens is 1. The van der Waals surface area contributed by atoms with Gasteiger partial charge in [-0.25, -0.2) is 9.59 Å². The second-order valence-electron chi connectivity index (χ2n) is 5.52. The number of aromatic carboxylic acids is 2. The van der Waals surface area contributed by atoms with Gasteiger partial charge in [0.05, 0.1) is 21.7 Å². The number of benzene rings is 1. The SMILES string of the molecule is CC(C)O.Cc1ncc(C(=O)O)c(-c2cccc([N+](=O)[O-])c2)c1C(=O)O. The molecule has 2 rings (SSSR count). The van der Waals surface area contributed by atoms with Gasteiger partial charge in [-0.05, 0) is 26.3 Å². The van der Waals surface area contributed by atoms with Crippen LogP contribution in [0, 0.1) is 17.0 Å². The summed E-state index contributed by atoms with van der Waals surface area (Å²) in [5.41, 5.74) is -0.728. The third kappa shape index (κ3) is 5.08. The molecular weight excluding hydrogens is 344 g/mol. The molecule has 0 saturated heterocycles. The number of hydrogen-bond donors (Lipinski definition) is 3. The first-order chi connectivity index (χ1) is 12.1. The standard InChI is InChI=1S/C14H10N2O6.C3H8O/c1-7-11(14(19)20)12(10(6-15-7)13(17)18)8-3-2-4-9(5-8)16(21)22;1-3(2)4/h2-6H,1H3,(H,17,18)(H,19,20);3-4H,1-2H3. The molecule has 0 saturated carbocycles. The monoisotopic (exact) mass is 362 g/mol. The summed E-state index contributed by atoms with van der Waals surface area (Å²) in [6.45, 7) is 4.87. The van der Waals surface area contributed by atoms with Crippen molar-refractivity contribution >= 4 is 17.6 Å². The summed E-state index contributed by atoms with van der Waals surface area (Å²) in [4.78, 5) is 36.8. The van der Waals surface area contributed by atoms with Crippen molar-refractivity contribution in [2.24, 2.45) is 0 Å². The summed E-state index contributed by atoms with van der Waals surface area (Å²) in [5, 5.41) is 37.5.